The van der Waals surface area contributed by atoms with Gasteiger partial charge in [-0.1, -0.05) is 24.3 Å². The van der Waals surface area contributed by atoms with Gasteiger partial charge in [0.15, 0.2) is 0 Å². The summed E-state index contributed by atoms with van der Waals surface area (Å²) in [6, 6.07) is 12.6. The number of nitrogens with two attached hydrogens (primary N) is 1. The molecule has 0 aliphatic rings. The normalized spacial score (nSPS) is 11.6. The van der Waals surface area contributed by atoms with Crippen LogP contribution in [-0.2, 0) is 10.0 Å². The predicted octanol–water partition coefficient (Wildman–Crippen LogP) is 2.69. The van der Waals surface area contributed by atoms with Crippen molar-refractivity contribution in [2.75, 3.05) is 18.9 Å². The van der Waals surface area contributed by atoms with Crippen LogP contribution in [0.4, 0.5) is 5.69 Å². The maximum absolute atomic E-state index is 12.2. The minimum atomic E-state index is -3.50. The summed E-state index contributed by atoms with van der Waals surface area (Å²) < 4.78 is 27.0. The topological polar surface area (TPSA) is 92.4 Å². The van der Waals surface area contributed by atoms with Gasteiger partial charge in [0.2, 0.25) is 10.0 Å². The molecule has 0 radical (unpaired) electrons. The second-order valence-corrected chi connectivity index (χ2v) is 7.54. The summed E-state index contributed by atoms with van der Waals surface area (Å²) in [7, 11) is -3.50. The fraction of sp³-hybridized carbons (Fsp3) is 0.333. The lowest BCUT2D eigenvalue weighted by Crippen LogP contribution is -2.24. The molecule has 0 saturated carbocycles. The van der Waals surface area contributed by atoms with Crippen LogP contribution in [-0.4, -0.2) is 26.7 Å². The molecule has 24 heavy (non-hydrogen) atoms. The number of rotatable bonds is 8. The third-order valence-electron chi connectivity index (χ3n) is 3.90. The number of hydrogen-bond acceptors (Lipinski definition) is 4. The van der Waals surface area contributed by atoms with Gasteiger partial charge in [-0.25, -0.2) is 13.1 Å². The summed E-state index contributed by atoms with van der Waals surface area (Å²) in [5, 5.41) is 8.71. The van der Waals surface area contributed by atoms with E-state index >= 15 is 0 Å². The number of hydrogen-bond donors (Lipinski definition) is 3. The molecular formula is C18H24N2O3S. The third kappa shape index (κ3) is 4.80. The molecule has 0 aromatic heterocycles. The molecule has 130 valence electrons. The van der Waals surface area contributed by atoms with Crippen molar-refractivity contribution in [1.29, 1.82) is 0 Å². The van der Waals surface area contributed by atoms with Gasteiger partial charge in [0.1, 0.15) is 0 Å². The number of aliphatic hydroxyl groups excluding tert-OH is 1. The highest BCUT2D eigenvalue weighted by Crippen LogP contribution is 2.24. The van der Waals surface area contributed by atoms with Crippen LogP contribution in [0.25, 0.3) is 11.1 Å². The summed E-state index contributed by atoms with van der Waals surface area (Å²) in [5.41, 5.74) is 9.54. The SMILES string of the molecule is Cc1ccc(-c2ccc(S(=O)(=O)NCCCCCO)cc2)cc1N. The minimum Gasteiger partial charge on any atom is -0.398 e. The molecule has 0 fully saturated rings. The van der Waals surface area contributed by atoms with Crippen molar-refractivity contribution >= 4 is 15.7 Å². The van der Waals surface area contributed by atoms with Crippen molar-refractivity contribution in [2.24, 2.45) is 0 Å². The highest BCUT2D eigenvalue weighted by atomic mass is 32.2. The molecule has 2 aromatic carbocycles. The van der Waals surface area contributed by atoms with Crippen LogP contribution in [0.15, 0.2) is 47.4 Å². The molecule has 2 aromatic rings. The standard InChI is InChI=1S/C18H24N2O3S/c1-14-5-6-16(13-18(14)19)15-7-9-17(10-8-15)24(22,23)20-11-3-2-4-12-21/h5-10,13,20-21H,2-4,11-12,19H2,1H3. The first-order valence-electron chi connectivity index (χ1n) is 8.01. The Labute approximate surface area is 143 Å². The van der Waals surface area contributed by atoms with Gasteiger partial charge in [0.25, 0.3) is 0 Å². The van der Waals surface area contributed by atoms with Gasteiger partial charge in [-0.2, -0.15) is 0 Å². The molecule has 0 heterocycles. The Kier molecular flexibility index (Phi) is 6.36. The van der Waals surface area contributed by atoms with E-state index in [1.54, 1.807) is 24.3 Å². The van der Waals surface area contributed by atoms with Gasteiger partial charge in [0, 0.05) is 18.8 Å². The van der Waals surface area contributed by atoms with Crippen LogP contribution in [0.3, 0.4) is 0 Å². The van der Waals surface area contributed by atoms with Crippen molar-refractivity contribution in [3.63, 3.8) is 0 Å². The molecule has 0 aliphatic carbocycles. The van der Waals surface area contributed by atoms with Gasteiger partial charge in [-0.3, -0.25) is 0 Å². The average molecular weight is 348 g/mol. The van der Waals surface area contributed by atoms with Crippen molar-refractivity contribution in [1.82, 2.24) is 4.72 Å². The number of sulfonamides is 1. The molecule has 5 nitrogen and oxygen atoms in total. The van der Waals surface area contributed by atoms with Gasteiger partial charge in [-0.15, -0.1) is 0 Å². The highest BCUT2D eigenvalue weighted by Gasteiger charge is 2.13. The predicted molar refractivity (Wildman–Crippen MR) is 97.2 cm³/mol. The monoisotopic (exact) mass is 348 g/mol. The van der Waals surface area contributed by atoms with E-state index in [9.17, 15) is 8.42 Å². The van der Waals surface area contributed by atoms with E-state index < -0.39 is 10.0 Å². The Morgan fingerprint density at radius 3 is 2.29 bits per heavy atom. The van der Waals surface area contributed by atoms with Crippen LogP contribution in [0.1, 0.15) is 24.8 Å². The van der Waals surface area contributed by atoms with E-state index in [2.05, 4.69) is 4.72 Å². The fourth-order valence-electron chi connectivity index (χ4n) is 2.35. The molecule has 0 amide bonds. The lowest BCUT2D eigenvalue weighted by molar-refractivity contribution is 0.283. The van der Waals surface area contributed by atoms with E-state index in [0.29, 0.717) is 25.1 Å². The van der Waals surface area contributed by atoms with Gasteiger partial charge in [-0.05, 0) is 61.1 Å². The number of aryl methyl sites for hydroxylation is 1. The summed E-state index contributed by atoms with van der Waals surface area (Å²) >= 11 is 0. The van der Waals surface area contributed by atoms with E-state index in [1.807, 2.05) is 25.1 Å². The van der Waals surface area contributed by atoms with Crippen molar-refractivity contribution in [3.8, 4) is 11.1 Å². The molecule has 4 N–H and O–H groups in total. The molecule has 0 spiro atoms. The van der Waals surface area contributed by atoms with Crippen molar-refractivity contribution in [3.05, 3.63) is 48.0 Å². The number of unbranched alkanes of at least 4 members (excludes halogenated alkanes) is 2. The van der Waals surface area contributed by atoms with E-state index in [1.165, 1.54) is 0 Å². The summed E-state index contributed by atoms with van der Waals surface area (Å²) in [5.74, 6) is 0. The molecule has 0 bridgehead atoms. The minimum absolute atomic E-state index is 0.137. The number of anilines is 1. The van der Waals surface area contributed by atoms with Gasteiger partial charge in [0.05, 0.1) is 4.90 Å². The van der Waals surface area contributed by atoms with E-state index in [0.717, 1.165) is 23.1 Å². The fourth-order valence-corrected chi connectivity index (χ4v) is 3.42. The first kappa shape index (κ1) is 18.4. The van der Waals surface area contributed by atoms with Crippen molar-refractivity contribution < 1.29 is 13.5 Å². The highest BCUT2D eigenvalue weighted by molar-refractivity contribution is 7.89. The molecule has 0 unspecified atom stereocenters. The average Bonchev–Trinajstić information content (AvgIpc) is 2.57. The Balaban J connectivity index is 2.06. The summed E-state index contributed by atoms with van der Waals surface area (Å²) in [6.07, 6.45) is 2.20. The Bertz CT molecular complexity index is 771. The molecule has 0 aliphatic heterocycles. The molecule has 0 atom stereocenters. The summed E-state index contributed by atoms with van der Waals surface area (Å²) in [6.45, 7) is 2.46. The Hall–Kier alpha value is -1.89. The zero-order chi connectivity index (χ0) is 17.6. The number of nitrogens with one attached hydrogen (secondary N) is 1. The molecule has 0 saturated heterocycles. The number of benzene rings is 2. The van der Waals surface area contributed by atoms with Crippen LogP contribution >= 0.6 is 0 Å². The second-order valence-electron chi connectivity index (χ2n) is 5.78. The maximum atomic E-state index is 12.2. The van der Waals surface area contributed by atoms with Crippen LogP contribution < -0.4 is 10.5 Å². The quantitative estimate of drug-likeness (QED) is 0.505. The van der Waals surface area contributed by atoms with Crippen LogP contribution in [0, 0.1) is 6.92 Å². The van der Waals surface area contributed by atoms with Crippen LogP contribution in [0.2, 0.25) is 0 Å². The van der Waals surface area contributed by atoms with Gasteiger partial charge >= 0.3 is 0 Å². The molecular weight excluding hydrogens is 324 g/mol. The first-order chi connectivity index (χ1) is 11.4. The van der Waals surface area contributed by atoms with Gasteiger partial charge < -0.3 is 10.8 Å². The maximum Gasteiger partial charge on any atom is 0.240 e. The molecule has 6 heteroatoms. The summed E-state index contributed by atoms with van der Waals surface area (Å²) in [4.78, 5) is 0.244. The largest absolute Gasteiger partial charge is 0.398 e. The zero-order valence-corrected chi connectivity index (χ0v) is 14.6. The lowest BCUT2D eigenvalue weighted by Gasteiger charge is -2.09. The Morgan fingerprint density at radius 2 is 1.67 bits per heavy atom. The van der Waals surface area contributed by atoms with E-state index in [-0.39, 0.29) is 11.5 Å². The Morgan fingerprint density at radius 1 is 1.00 bits per heavy atom. The second kappa shape index (κ2) is 8.28. The molecule has 2 rings (SSSR count). The number of aliphatic hydroxyl groups is 1. The van der Waals surface area contributed by atoms with E-state index in [4.69, 9.17) is 10.8 Å². The third-order valence-corrected chi connectivity index (χ3v) is 5.38. The first-order valence-corrected chi connectivity index (χ1v) is 9.49. The smallest absolute Gasteiger partial charge is 0.240 e. The van der Waals surface area contributed by atoms with Crippen LogP contribution in [0.5, 0.6) is 0 Å². The zero-order valence-electron chi connectivity index (χ0n) is 13.8. The number of nitrogen functional groups attached to an aromatic ring is 1. The lowest BCUT2D eigenvalue weighted by atomic mass is 10.0. The van der Waals surface area contributed by atoms with Crippen molar-refractivity contribution in [2.45, 2.75) is 31.1 Å².